The van der Waals surface area contributed by atoms with Crippen LogP contribution in [-0.4, -0.2) is 28.9 Å². The van der Waals surface area contributed by atoms with Gasteiger partial charge in [0.25, 0.3) is 0 Å². The van der Waals surface area contributed by atoms with Crippen molar-refractivity contribution in [2.24, 2.45) is 10.7 Å². The van der Waals surface area contributed by atoms with Crippen LogP contribution < -0.4 is 5.73 Å². The van der Waals surface area contributed by atoms with Crippen molar-refractivity contribution in [2.75, 3.05) is 13.1 Å². The average molecular weight is 182 g/mol. The summed E-state index contributed by atoms with van der Waals surface area (Å²) in [7, 11) is 0. The molecule has 1 heterocycles. The number of nitrogens with zero attached hydrogens (tertiary/aromatic N) is 3. The molecule has 0 aromatic heterocycles. The molecule has 0 aliphatic carbocycles. The topological polar surface area (TPSA) is 65.4 Å². The van der Waals surface area contributed by atoms with Crippen LogP contribution in [0.1, 0.15) is 12.8 Å². The monoisotopic (exact) mass is 182 g/mol. The fraction of sp³-hybridized carbons (Fsp3) is 0.571. The molecule has 1 aliphatic rings. The lowest BCUT2D eigenvalue weighted by molar-refractivity contribution is 0.435. The van der Waals surface area contributed by atoms with E-state index < -0.39 is 0 Å². The zero-order chi connectivity index (χ0) is 8.97. The van der Waals surface area contributed by atoms with E-state index >= 15 is 0 Å². The highest BCUT2D eigenvalue weighted by Gasteiger charge is 2.13. The first-order chi connectivity index (χ1) is 5.74. The third-order valence-electron chi connectivity index (χ3n) is 1.64. The van der Waals surface area contributed by atoms with Crippen molar-refractivity contribution in [2.45, 2.75) is 12.8 Å². The summed E-state index contributed by atoms with van der Waals surface area (Å²) in [6.07, 6.45) is 1.22. The summed E-state index contributed by atoms with van der Waals surface area (Å²) in [6.45, 7) is 1.45. The Morgan fingerprint density at radius 1 is 1.75 bits per heavy atom. The van der Waals surface area contributed by atoms with Gasteiger partial charge in [0.05, 0.1) is 12.5 Å². The van der Waals surface area contributed by atoms with E-state index in [1.54, 1.807) is 0 Å². The van der Waals surface area contributed by atoms with Crippen LogP contribution >= 0.6 is 12.2 Å². The van der Waals surface area contributed by atoms with Gasteiger partial charge in [-0.05, 0) is 12.2 Å². The van der Waals surface area contributed by atoms with Gasteiger partial charge in [-0.2, -0.15) is 5.26 Å². The van der Waals surface area contributed by atoms with Crippen molar-refractivity contribution in [1.82, 2.24) is 4.90 Å². The number of hydrogen-bond donors (Lipinski definition) is 1. The number of aliphatic imine (C=N–C) groups is 1. The van der Waals surface area contributed by atoms with Gasteiger partial charge in [0.15, 0.2) is 5.11 Å². The Hall–Kier alpha value is -1.15. The Balaban J connectivity index is 2.49. The van der Waals surface area contributed by atoms with Crippen LogP contribution in [0.25, 0.3) is 0 Å². The minimum Gasteiger partial charge on any atom is -0.387 e. The van der Waals surface area contributed by atoms with Crippen LogP contribution in [0.2, 0.25) is 0 Å². The second-order valence-electron chi connectivity index (χ2n) is 2.53. The lowest BCUT2D eigenvalue weighted by atomic mass is 10.3. The summed E-state index contributed by atoms with van der Waals surface area (Å²) < 4.78 is 0. The molecule has 0 radical (unpaired) electrons. The van der Waals surface area contributed by atoms with Crippen molar-refractivity contribution in [3.8, 4) is 6.07 Å². The Morgan fingerprint density at radius 2 is 2.50 bits per heavy atom. The number of hydrogen-bond acceptors (Lipinski definition) is 3. The van der Waals surface area contributed by atoms with E-state index in [9.17, 15) is 0 Å². The minimum atomic E-state index is 0.482. The third kappa shape index (κ3) is 2.17. The summed E-state index contributed by atoms with van der Waals surface area (Å²) in [5.74, 6) is 0.591. The first kappa shape index (κ1) is 8.94. The van der Waals surface area contributed by atoms with Gasteiger partial charge in [0.1, 0.15) is 5.84 Å². The Labute approximate surface area is 76.7 Å². The molecular weight excluding hydrogens is 172 g/mol. The van der Waals surface area contributed by atoms with Crippen LogP contribution in [0, 0.1) is 11.3 Å². The fourth-order valence-electron chi connectivity index (χ4n) is 0.987. The molecule has 0 aromatic carbocycles. The second kappa shape index (κ2) is 4.02. The molecule has 0 aromatic rings. The summed E-state index contributed by atoms with van der Waals surface area (Å²) in [5.41, 5.74) is 5.49. The third-order valence-corrected chi connectivity index (χ3v) is 1.99. The van der Waals surface area contributed by atoms with Crippen molar-refractivity contribution >= 4 is 23.2 Å². The number of rotatable bonds is 2. The highest BCUT2D eigenvalue weighted by molar-refractivity contribution is 7.80. The van der Waals surface area contributed by atoms with Gasteiger partial charge >= 0.3 is 0 Å². The first-order valence-corrected chi connectivity index (χ1v) is 4.14. The van der Waals surface area contributed by atoms with Crippen molar-refractivity contribution in [3.05, 3.63) is 0 Å². The smallest absolute Gasteiger partial charge is 0.197 e. The zero-order valence-electron chi connectivity index (χ0n) is 6.66. The van der Waals surface area contributed by atoms with E-state index in [1.165, 1.54) is 0 Å². The minimum absolute atomic E-state index is 0.482. The quantitative estimate of drug-likeness (QED) is 0.622. The molecule has 2 N–H and O–H groups in total. The zero-order valence-corrected chi connectivity index (χ0v) is 7.47. The molecule has 0 bridgehead atoms. The fourth-order valence-corrected chi connectivity index (χ4v) is 1.29. The second-order valence-corrected chi connectivity index (χ2v) is 2.90. The molecule has 64 valence electrons. The van der Waals surface area contributed by atoms with E-state index in [-0.39, 0.29) is 0 Å². The summed E-state index contributed by atoms with van der Waals surface area (Å²) in [5, 5.41) is 8.86. The maximum Gasteiger partial charge on any atom is 0.197 e. The van der Waals surface area contributed by atoms with Crippen LogP contribution in [0.3, 0.4) is 0 Å². The molecular formula is C7H10N4S. The van der Waals surface area contributed by atoms with Gasteiger partial charge in [0, 0.05) is 19.5 Å². The number of amidine groups is 1. The molecule has 0 unspecified atom stereocenters. The number of nitriles is 1. The molecule has 12 heavy (non-hydrogen) atoms. The standard InChI is InChI=1S/C7H10N4S/c8-3-1-4-11-5-2-6(9)10-7(11)12/h1-2,4-5H2,(H2,9,10,12). The van der Waals surface area contributed by atoms with Gasteiger partial charge in [-0.1, -0.05) is 0 Å². The molecule has 5 heteroatoms. The Morgan fingerprint density at radius 3 is 3.08 bits per heavy atom. The van der Waals surface area contributed by atoms with Crippen LogP contribution in [-0.2, 0) is 0 Å². The summed E-state index contributed by atoms with van der Waals surface area (Å²) in [4.78, 5) is 5.86. The number of nitrogens with two attached hydrogens (primary N) is 1. The molecule has 0 fully saturated rings. The predicted octanol–water partition coefficient (Wildman–Crippen LogP) is 0.248. The first-order valence-electron chi connectivity index (χ1n) is 3.73. The van der Waals surface area contributed by atoms with E-state index in [4.69, 9.17) is 23.2 Å². The van der Waals surface area contributed by atoms with Crippen LogP contribution in [0.5, 0.6) is 0 Å². The molecule has 0 spiro atoms. The van der Waals surface area contributed by atoms with E-state index in [0.717, 1.165) is 13.0 Å². The normalized spacial score (nSPS) is 17.1. The predicted molar refractivity (Wildman–Crippen MR) is 50.6 cm³/mol. The van der Waals surface area contributed by atoms with Crippen molar-refractivity contribution < 1.29 is 0 Å². The van der Waals surface area contributed by atoms with Crippen molar-refractivity contribution in [3.63, 3.8) is 0 Å². The number of thiocarbonyl (C=S) groups is 1. The van der Waals surface area contributed by atoms with Crippen LogP contribution in [0.4, 0.5) is 0 Å². The molecule has 0 saturated heterocycles. The highest BCUT2D eigenvalue weighted by atomic mass is 32.1. The Bertz CT molecular complexity index is 253. The van der Waals surface area contributed by atoms with E-state index in [1.807, 2.05) is 4.90 Å². The van der Waals surface area contributed by atoms with Gasteiger partial charge in [0.2, 0.25) is 0 Å². The summed E-state index contributed by atoms with van der Waals surface area (Å²) >= 11 is 4.97. The lowest BCUT2D eigenvalue weighted by Crippen LogP contribution is -2.38. The molecule has 0 amide bonds. The van der Waals surface area contributed by atoms with Crippen LogP contribution in [0.15, 0.2) is 4.99 Å². The lowest BCUT2D eigenvalue weighted by Gasteiger charge is -2.25. The Kier molecular flexibility index (Phi) is 3.00. The molecule has 4 nitrogen and oxygen atoms in total. The SMILES string of the molecule is N#CCCN1CCC(N)=NC1=S. The van der Waals surface area contributed by atoms with E-state index in [2.05, 4.69) is 11.1 Å². The maximum atomic E-state index is 8.35. The van der Waals surface area contributed by atoms with Crippen molar-refractivity contribution in [1.29, 1.82) is 5.26 Å². The highest BCUT2D eigenvalue weighted by Crippen LogP contribution is 2.04. The molecule has 0 atom stereocenters. The largest absolute Gasteiger partial charge is 0.387 e. The van der Waals surface area contributed by atoms with Gasteiger partial charge in [-0.15, -0.1) is 0 Å². The average Bonchev–Trinajstić information content (AvgIpc) is 2.03. The summed E-state index contributed by atoms with van der Waals surface area (Å²) in [6, 6.07) is 2.07. The maximum absolute atomic E-state index is 8.35. The van der Waals surface area contributed by atoms with Gasteiger partial charge in [-0.25, -0.2) is 4.99 Å². The molecule has 0 saturated carbocycles. The molecule has 1 aliphatic heterocycles. The van der Waals surface area contributed by atoms with Gasteiger partial charge < -0.3 is 10.6 Å². The van der Waals surface area contributed by atoms with Gasteiger partial charge in [-0.3, -0.25) is 0 Å². The molecule has 1 rings (SSSR count). The van der Waals surface area contributed by atoms with E-state index in [0.29, 0.717) is 23.9 Å².